The van der Waals surface area contributed by atoms with Gasteiger partial charge in [0.25, 0.3) is 0 Å². The molecular formula is C17H28N2. The third-order valence-electron chi connectivity index (χ3n) is 4.89. The van der Waals surface area contributed by atoms with Gasteiger partial charge in [0, 0.05) is 18.6 Å². The third-order valence-corrected chi connectivity index (χ3v) is 4.89. The highest BCUT2D eigenvalue weighted by atomic mass is 15.1. The van der Waals surface area contributed by atoms with E-state index in [1.807, 2.05) is 0 Å². The highest BCUT2D eigenvalue weighted by Gasteiger charge is 2.38. The van der Waals surface area contributed by atoms with Gasteiger partial charge in [-0.05, 0) is 43.4 Å². The van der Waals surface area contributed by atoms with Crippen LogP contribution in [-0.2, 0) is 6.54 Å². The Balaban J connectivity index is 2.07. The minimum absolute atomic E-state index is 0.267. The number of benzene rings is 1. The van der Waals surface area contributed by atoms with Crippen molar-refractivity contribution < 1.29 is 0 Å². The first kappa shape index (κ1) is 14.5. The standard InChI is InChI=1S/C17H28N2/c1-13-8-5-6-9-14(13)12-19(4)15-10-7-11-17(2,3)16(15)18/h5-6,8-9,15-16H,7,10-12,18H2,1-4H3. The minimum Gasteiger partial charge on any atom is -0.326 e. The van der Waals surface area contributed by atoms with Gasteiger partial charge in [0.1, 0.15) is 0 Å². The van der Waals surface area contributed by atoms with E-state index in [2.05, 4.69) is 57.0 Å². The van der Waals surface area contributed by atoms with Crippen LogP contribution in [0.15, 0.2) is 24.3 Å². The highest BCUT2D eigenvalue weighted by molar-refractivity contribution is 5.25. The van der Waals surface area contributed by atoms with Crippen LogP contribution in [-0.4, -0.2) is 24.0 Å². The van der Waals surface area contributed by atoms with Crippen molar-refractivity contribution in [2.75, 3.05) is 7.05 Å². The fourth-order valence-electron chi connectivity index (χ4n) is 3.30. The van der Waals surface area contributed by atoms with Gasteiger partial charge in [-0.3, -0.25) is 4.90 Å². The summed E-state index contributed by atoms with van der Waals surface area (Å²) in [5, 5.41) is 0. The van der Waals surface area contributed by atoms with Crippen molar-refractivity contribution in [2.45, 2.75) is 58.7 Å². The molecular weight excluding hydrogens is 232 g/mol. The molecule has 2 rings (SSSR count). The maximum absolute atomic E-state index is 6.51. The molecule has 1 aromatic carbocycles. The molecule has 0 bridgehead atoms. The molecule has 0 aliphatic heterocycles. The Labute approximate surface area is 118 Å². The maximum Gasteiger partial charge on any atom is 0.0252 e. The number of rotatable bonds is 3. The molecule has 2 N–H and O–H groups in total. The summed E-state index contributed by atoms with van der Waals surface area (Å²) in [6.07, 6.45) is 3.78. The normalized spacial score (nSPS) is 26.6. The average Bonchev–Trinajstić information content (AvgIpc) is 2.35. The molecule has 0 amide bonds. The van der Waals surface area contributed by atoms with Gasteiger partial charge in [0.2, 0.25) is 0 Å². The van der Waals surface area contributed by atoms with Gasteiger partial charge in [-0.2, -0.15) is 0 Å². The van der Waals surface area contributed by atoms with E-state index < -0.39 is 0 Å². The van der Waals surface area contributed by atoms with Crippen LogP contribution in [0.2, 0.25) is 0 Å². The average molecular weight is 260 g/mol. The van der Waals surface area contributed by atoms with Crippen LogP contribution in [0.4, 0.5) is 0 Å². The van der Waals surface area contributed by atoms with Crippen molar-refractivity contribution in [3.05, 3.63) is 35.4 Å². The molecule has 1 fully saturated rings. The highest BCUT2D eigenvalue weighted by Crippen LogP contribution is 2.36. The van der Waals surface area contributed by atoms with E-state index >= 15 is 0 Å². The number of aryl methyl sites for hydroxylation is 1. The Morgan fingerprint density at radius 3 is 2.68 bits per heavy atom. The number of nitrogens with zero attached hydrogens (tertiary/aromatic N) is 1. The quantitative estimate of drug-likeness (QED) is 0.903. The van der Waals surface area contributed by atoms with E-state index in [0.29, 0.717) is 6.04 Å². The molecule has 0 aromatic heterocycles. The van der Waals surface area contributed by atoms with E-state index in [0.717, 1.165) is 6.54 Å². The zero-order valence-corrected chi connectivity index (χ0v) is 12.8. The van der Waals surface area contributed by atoms with Gasteiger partial charge < -0.3 is 5.73 Å². The molecule has 0 radical (unpaired) electrons. The summed E-state index contributed by atoms with van der Waals surface area (Å²) >= 11 is 0. The lowest BCUT2D eigenvalue weighted by Gasteiger charge is -2.45. The molecule has 1 aliphatic rings. The maximum atomic E-state index is 6.51. The van der Waals surface area contributed by atoms with Gasteiger partial charge in [-0.15, -0.1) is 0 Å². The fourth-order valence-corrected chi connectivity index (χ4v) is 3.30. The van der Waals surface area contributed by atoms with E-state index in [-0.39, 0.29) is 11.5 Å². The van der Waals surface area contributed by atoms with Crippen molar-refractivity contribution >= 4 is 0 Å². The fraction of sp³-hybridized carbons (Fsp3) is 0.647. The summed E-state index contributed by atoms with van der Waals surface area (Å²) in [6, 6.07) is 9.42. The third kappa shape index (κ3) is 3.18. The molecule has 2 atom stereocenters. The van der Waals surface area contributed by atoms with E-state index in [1.165, 1.54) is 30.4 Å². The summed E-state index contributed by atoms with van der Waals surface area (Å²) in [5.74, 6) is 0. The number of hydrogen-bond donors (Lipinski definition) is 1. The van der Waals surface area contributed by atoms with Gasteiger partial charge in [0.15, 0.2) is 0 Å². The number of hydrogen-bond acceptors (Lipinski definition) is 2. The van der Waals surface area contributed by atoms with E-state index in [4.69, 9.17) is 5.73 Å². The van der Waals surface area contributed by atoms with Crippen LogP contribution in [0.3, 0.4) is 0 Å². The SMILES string of the molecule is Cc1ccccc1CN(C)C1CCCC(C)(C)C1N. The second kappa shape index (κ2) is 5.64. The molecule has 1 aromatic rings. The van der Waals surface area contributed by atoms with Gasteiger partial charge >= 0.3 is 0 Å². The van der Waals surface area contributed by atoms with Crippen LogP contribution in [0.5, 0.6) is 0 Å². The Morgan fingerprint density at radius 1 is 1.32 bits per heavy atom. The lowest BCUT2D eigenvalue weighted by molar-refractivity contribution is 0.0804. The number of likely N-dealkylation sites (N-methyl/N-ethyl adjacent to an activating group) is 1. The van der Waals surface area contributed by atoms with E-state index in [1.54, 1.807) is 0 Å². The molecule has 2 nitrogen and oxygen atoms in total. The molecule has 0 saturated heterocycles. The Kier molecular flexibility index (Phi) is 4.32. The van der Waals surface area contributed by atoms with E-state index in [9.17, 15) is 0 Å². The van der Waals surface area contributed by atoms with Crippen molar-refractivity contribution in [3.63, 3.8) is 0 Å². The van der Waals surface area contributed by atoms with Crippen LogP contribution in [0, 0.1) is 12.3 Å². The van der Waals surface area contributed by atoms with Crippen LogP contribution < -0.4 is 5.73 Å². The monoisotopic (exact) mass is 260 g/mol. The Morgan fingerprint density at radius 2 is 2.00 bits per heavy atom. The second-order valence-corrected chi connectivity index (χ2v) is 6.82. The smallest absolute Gasteiger partial charge is 0.0252 e. The molecule has 2 heteroatoms. The molecule has 0 heterocycles. The van der Waals surface area contributed by atoms with Crippen LogP contribution in [0.1, 0.15) is 44.2 Å². The number of nitrogens with two attached hydrogens (primary N) is 1. The van der Waals surface area contributed by atoms with Gasteiger partial charge in [-0.25, -0.2) is 0 Å². The predicted octanol–water partition coefficient (Wildman–Crippen LogP) is 3.33. The summed E-state index contributed by atoms with van der Waals surface area (Å²) in [5.41, 5.74) is 9.56. The molecule has 1 aliphatic carbocycles. The van der Waals surface area contributed by atoms with Crippen LogP contribution >= 0.6 is 0 Å². The summed E-state index contributed by atoms with van der Waals surface area (Å²) in [4.78, 5) is 2.45. The van der Waals surface area contributed by atoms with Crippen molar-refractivity contribution in [1.29, 1.82) is 0 Å². The molecule has 19 heavy (non-hydrogen) atoms. The predicted molar refractivity (Wildman–Crippen MR) is 82.0 cm³/mol. The van der Waals surface area contributed by atoms with Crippen molar-refractivity contribution in [1.82, 2.24) is 4.90 Å². The minimum atomic E-state index is 0.267. The Bertz CT molecular complexity index is 425. The Hall–Kier alpha value is -0.860. The zero-order chi connectivity index (χ0) is 14.0. The topological polar surface area (TPSA) is 29.3 Å². The summed E-state index contributed by atoms with van der Waals surface area (Å²) in [6.45, 7) is 7.81. The first-order valence-corrected chi connectivity index (χ1v) is 7.42. The van der Waals surface area contributed by atoms with Gasteiger partial charge in [-0.1, -0.05) is 44.5 Å². The summed E-state index contributed by atoms with van der Waals surface area (Å²) in [7, 11) is 2.22. The first-order valence-electron chi connectivity index (χ1n) is 7.42. The van der Waals surface area contributed by atoms with Crippen LogP contribution in [0.25, 0.3) is 0 Å². The van der Waals surface area contributed by atoms with Crippen molar-refractivity contribution in [3.8, 4) is 0 Å². The molecule has 0 spiro atoms. The van der Waals surface area contributed by atoms with Gasteiger partial charge in [0.05, 0.1) is 0 Å². The molecule has 106 valence electrons. The molecule has 2 unspecified atom stereocenters. The second-order valence-electron chi connectivity index (χ2n) is 6.82. The van der Waals surface area contributed by atoms with Crippen molar-refractivity contribution in [2.24, 2.45) is 11.1 Å². The zero-order valence-electron chi connectivity index (χ0n) is 12.8. The summed E-state index contributed by atoms with van der Waals surface area (Å²) < 4.78 is 0. The lowest BCUT2D eigenvalue weighted by atomic mass is 9.71. The lowest BCUT2D eigenvalue weighted by Crippen LogP contribution is -2.55. The molecule has 1 saturated carbocycles. The first-order chi connectivity index (χ1) is 8.92. The largest absolute Gasteiger partial charge is 0.326 e.